The van der Waals surface area contributed by atoms with Crippen LogP contribution in [-0.4, -0.2) is 18.8 Å². The Morgan fingerprint density at radius 3 is 2.86 bits per heavy atom. The summed E-state index contributed by atoms with van der Waals surface area (Å²) < 4.78 is 5.89. The minimum absolute atomic E-state index is 0.283. The molecule has 2 rings (SSSR count). The van der Waals surface area contributed by atoms with Crippen molar-refractivity contribution < 1.29 is 4.74 Å². The van der Waals surface area contributed by atoms with Gasteiger partial charge in [0, 0.05) is 6.04 Å². The number of ether oxygens (including phenoxy) is 1. The van der Waals surface area contributed by atoms with E-state index < -0.39 is 0 Å². The van der Waals surface area contributed by atoms with E-state index in [2.05, 4.69) is 6.08 Å². The first kappa shape index (κ1) is 10.2. The highest BCUT2D eigenvalue weighted by Gasteiger charge is 2.22. The van der Waals surface area contributed by atoms with Crippen molar-refractivity contribution in [1.29, 1.82) is 0 Å². The number of allylic oxidation sites excluding steroid dienone is 1. The molecule has 0 aromatic heterocycles. The minimum Gasteiger partial charge on any atom is -0.372 e. The van der Waals surface area contributed by atoms with Gasteiger partial charge in [-0.05, 0) is 37.7 Å². The van der Waals surface area contributed by atoms with Crippen LogP contribution in [0.2, 0.25) is 0 Å². The van der Waals surface area contributed by atoms with E-state index in [4.69, 9.17) is 10.5 Å². The molecule has 0 saturated heterocycles. The molecule has 1 saturated carbocycles. The predicted molar refractivity (Wildman–Crippen MR) is 58.1 cm³/mol. The maximum Gasteiger partial charge on any atom is 0.0730 e. The zero-order chi connectivity index (χ0) is 9.80. The molecule has 2 N–H and O–H groups in total. The summed E-state index contributed by atoms with van der Waals surface area (Å²) in [5.41, 5.74) is 7.51. The van der Waals surface area contributed by atoms with Crippen LogP contribution in [0, 0.1) is 0 Å². The van der Waals surface area contributed by atoms with Crippen molar-refractivity contribution in [3.8, 4) is 0 Å². The summed E-state index contributed by atoms with van der Waals surface area (Å²) in [4.78, 5) is 0. The Hall–Kier alpha value is -0.340. The topological polar surface area (TPSA) is 35.2 Å². The lowest BCUT2D eigenvalue weighted by Gasteiger charge is -2.28. The van der Waals surface area contributed by atoms with Gasteiger partial charge in [0.1, 0.15) is 0 Å². The molecule has 0 radical (unpaired) electrons. The van der Waals surface area contributed by atoms with Crippen molar-refractivity contribution in [2.45, 2.75) is 57.1 Å². The zero-order valence-corrected chi connectivity index (χ0v) is 8.87. The molecule has 0 aliphatic heterocycles. The first-order valence-corrected chi connectivity index (χ1v) is 5.91. The lowest BCUT2D eigenvalue weighted by atomic mass is 9.93. The van der Waals surface area contributed by atoms with E-state index in [0.29, 0.717) is 6.10 Å². The Labute approximate surface area is 86.5 Å². The van der Waals surface area contributed by atoms with E-state index in [1.165, 1.54) is 37.7 Å². The van der Waals surface area contributed by atoms with Crippen molar-refractivity contribution in [3.63, 3.8) is 0 Å². The van der Waals surface area contributed by atoms with Gasteiger partial charge in [-0.1, -0.05) is 18.9 Å². The molecular weight excluding hydrogens is 174 g/mol. The van der Waals surface area contributed by atoms with Crippen LogP contribution in [0.4, 0.5) is 0 Å². The third kappa shape index (κ3) is 2.58. The van der Waals surface area contributed by atoms with E-state index in [-0.39, 0.29) is 6.04 Å². The van der Waals surface area contributed by atoms with Crippen molar-refractivity contribution in [1.82, 2.24) is 0 Å². The van der Waals surface area contributed by atoms with Gasteiger partial charge in [-0.25, -0.2) is 0 Å². The molecule has 2 aliphatic carbocycles. The zero-order valence-electron chi connectivity index (χ0n) is 8.87. The third-order valence-corrected chi connectivity index (χ3v) is 3.37. The average molecular weight is 195 g/mol. The monoisotopic (exact) mass is 195 g/mol. The van der Waals surface area contributed by atoms with E-state index in [9.17, 15) is 0 Å². The molecule has 0 amide bonds. The highest BCUT2D eigenvalue weighted by Crippen LogP contribution is 2.23. The summed E-state index contributed by atoms with van der Waals surface area (Å²) in [5.74, 6) is 0. The second-order valence-corrected chi connectivity index (χ2v) is 4.55. The molecule has 80 valence electrons. The Kier molecular flexibility index (Phi) is 3.60. The van der Waals surface area contributed by atoms with Crippen LogP contribution in [0.1, 0.15) is 44.9 Å². The highest BCUT2D eigenvalue weighted by molar-refractivity contribution is 5.07. The molecule has 0 heterocycles. The maximum absolute atomic E-state index is 6.02. The summed E-state index contributed by atoms with van der Waals surface area (Å²) in [6.45, 7) is 0.832. The molecule has 2 heteroatoms. The van der Waals surface area contributed by atoms with Crippen LogP contribution in [0.3, 0.4) is 0 Å². The molecule has 2 unspecified atom stereocenters. The summed E-state index contributed by atoms with van der Waals surface area (Å²) in [6, 6.07) is 0.283. The van der Waals surface area contributed by atoms with Gasteiger partial charge < -0.3 is 10.5 Å². The van der Waals surface area contributed by atoms with Crippen molar-refractivity contribution >= 4 is 0 Å². The third-order valence-electron chi connectivity index (χ3n) is 3.37. The van der Waals surface area contributed by atoms with Crippen LogP contribution in [0.15, 0.2) is 11.6 Å². The molecule has 2 nitrogen and oxygen atoms in total. The van der Waals surface area contributed by atoms with Gasteiger partial charge in [-0.3, -0.25) is 0 Å². The minimum atomic E-state index is 0.283. The largest absolute Gasteiger partial charge is 0.372 e. The number of hydrogen-bond acceptors (Lipinski definition) is 2. The van der Waals surface area contributed by atoms with Gasteiger partial charge >= 0.3 is 0 Å². The molecule has 0 bridgehead atoms. The lowest BCUT2D eigenvalue weighted by molar-refractivity contribution is 0.0277. The molecule has 2 atom stereocenters. The van der Waals surface area contributed by atoms with Gasteiger partial charge in [0.25, 0.3) is 0 Å². The normalized spacial score (nSPS) is 33.1. The standard InChI is InChI=1S/C12H21NO/c13-11-7-3-4-8-12(11)14-9-10-5-1-2-6-10/h5,11-12H,1-4,6-9,13H2. The Balaban J connectivity index is 1.73. The SMILES string of the molecule is NC1CCCCC1OCC1=CCCC1. The second kappa shape index (κ2) is 4.94. The van der Waals surface area contributed by atoms with Crippen LogP contribution in [0.5, 0.6) is 0 Å². The first-order valence-electron chi connectivity index (χ1n) is 5.91. The summed E-state index contributed by atoms with van der Waals surface area (Å²) >= 11 is 0. The van der Waals surface area contributed by atoms with Crippen LogP contribution < -0.4 is 5.73 Å². The predicted octanol–water partition coefficient (Wildman–Crippen LogP) is 2.38. The molecule has 0 aromatic rings. The fraction of sp³-hybridized carbons (Fsp3) is 0.833. The quantitative estimate of drug-likeness (QED) is 0.702. The van der Waals surface area contributed by atoms with Crippen LogP contribution in [0.25, 0.3) is 0 Å². The molecular formula is C12H21NO. The molecule has 2 aliphatic rings. The smallest absolute Gasteiger partial charge is 0.0730 e. The number of rotatable bonds is 3. The van der Waals surface area contributed by atoms with Crippen molar-refractivity contribution in [2.75, 3.05) is 6.61 Å². The van der Waals surface area contributed by atoms with Gasteiger partial charge in [0.2, 0.25) is 0 Å². The molecule has 0 spiro atoms. The summed E-state index contributed by atoms with van der Waals surface area (Å²) in [5, 5.41) is 0. The van der Waals surface area contributed by atoms with Gasteiger partial charge in [-0.2, -0.15) is 0 Å². The van der Waals surface area contributed by atoms with Crippen LogP contribution >= 0.6 is 0 Å². The van der Waals surface area contributed by atoms with Crippen LogP contribution in [-0.2, 0) is 4.74 Å². The van der Waals surface area contributed by atoms with E-state index >= 15 is 0 Å². The fourth-order valence-electron chi connectivity index (χ4n) is 2.42. The lowest BCUT2D eigenvalue weighted by Crippen LogP contribution is -2.39. The Morgan fingerprint density at radius 1 is 1.29 bits per heavy atom. The molecule has 1 fully saturated rings. The van der Waals surface area contributed by atoms with Gasteiger partial charge in [0.05, 0.1) is 12.7 Å². The van der Waals surface area contributed by atoms with Gasteiger partial charge in [0.15, 0.2) is 0 Å². The highest BCUT2D eigenvalue weighted by atomic mass is 16.5. The van der Waals surface area contributed by atoms with E-state index in [1.54, 1.807) is 0 Å². The van der Waals surface area contributed by atoms with Crippen molar-refractivity contribution in [2.24, 2.45) is 5.73 Å². The van der Waals surface area contributed by atoms with Gasteiger partial charge in [-0.15, -0.1) is 0 Å². The first-order chi connectivity index (χ1) is 6.86. The average Bonchev–Trinajstić information content (AvgIpc) is 2.69. The van der Waals surface area contributed by atoms with Crippen molar-refractivity contribution in [3.05, 3.63) is 11.6 Å². The van der Waals surface area contributed by atoms with E-state index in [1.807, 2.05) is 0 Å². The Morgan fingerprint density at radius 2 is 2.14 bits per heavy atom. The fourth-order valence-corrected chi connectivity index (χ4v) is 2.42. The second-order valence-electron chi connectivity index (χ2n) is 4.55. The molecule has 14 heavy (non-hydrogen) atoms. The summed E-state index contributed by atoms with van der Waals surface area (Å²) in [6.07, 6.45) is 11.3. The van der Waals surface area contributed by atoms with E-state index in [0.717, 1.165) is 19.4 Å². The number of nitrogens with two attached hydrogens (primary N) is 1. The molecule has 0 aromatic carbocycles. The Bertz CT molecular complexity index is 212. The summed E-state index contributed by atoms with van der Waals surface area (Å²) in [7, 11) is 0. The number of hydrogen-bond donors (Lipinski definition) is 1. The maximum atomic E-state index is 6.02.